The Morgan fingerprint density at radius 1 is 0.818 bits per heavy atom. The van der Waals surface area contributed by atoms with Gasteiger partial charge in [-0.1, -0.05) is 81.4 Å². The van der Waals surface area contributed by atoms with E-state index in [1.165, 1.54) is 18.4 Å². The summed E-state index contributed by atoms with van der Waals surface area (Å²) < 4.78 is 0. The predicted molar refractivity (Wildman–Crippen MR) is 93.0 cm³/mol. The van der Waals surface area contributed by atoms with Crippen molar-refractivity contribution in [2.45, 2.75) is 44.9 Å². The Labute approximate surface area is 134 Å². The van der Waals surface area contributed by atoms with Crippen molar-refractivity contribution in [1.29, 1.82) is 0 Å². The SMILES string of the molecule is CC1CCC2C(C)(C)C2(c2ccccc2)C1c1ccccc1. The topological polar surface area (TPSA) is 0 Å². The van der Waals surface area contributed by atoms with Crippen LogP contribution in [0.3, 0.4) is 0 Å². The predicted octanol–water partition coefficient (Wildman–Crippen LogP) is 5.79. The van der Waals surface area contributed by atoms with Gasteiger partial charge in [-0.15, -0.1) is 0 Å². The Hall–Kier alpha value is -1.56. The van der Waals surface area contributed by atoms with Gasteiger partial charge in [-0.3, -0.25) is 0 Å². The van der Waals surface area contributed by atoms with Gasteiger partial charge in [0.2, 0.25) is 0 Å². The molecule has 0 bridgehead atoms. The van der Waals surface area contributed by atoms with Gasteiger partial charge in [0, 0.05) is 5.41 Å². The molecule has 4 unspecified atom stereocenters. The molecule has 0 heterocycles. The Kier molecular flexibility index (Phi) is 3.01. The van der Waals surface area contributed by atoms with Crippen LogP contribution in [-0.4, -0.2) is 0 Å². The first-order valence-corrected chi connectivity index (χ1v) is 8.70. The third-order valence-electron chi connectivity index (χ3n) is 6.78. The van der Waals surface area contributed by atoms with E-state index in [0.29, 0.717) is 16.7 Å². The minimum Gasteiger partial charge on any atom is -0.0622 e. The Balaban J connectivity index is 1.91. The normalized spacial score (nSPS) is 35.7. The molecule has 0 radical (unpaired) electrons. The molecule has 0 heteroatoms. The van der Waals surface area contributed by atoms with Crippen LogP contribution >= 0.6 is 0 Å². The van der Waals surface area contributed by atoms with E-state index in [0.717, 1.165) is 11.8 Å². The van der Waals surface area contributed by atoms with E-state index in [2.05, 4.69) is 81.4 Å². The molecular formula is C22H26. The first kappa shape index (κ1) is 14.1. The van der Waals surface area contributed by atoms with Gasteiger partial charge >= 0.3 is 0 Å². The first-order chi connectivity index (χ1) is 10.6. The van der Waals surface area contributed by atoms with Gasteiger partial charge in [0.1, 0.15) is 0 Å². The minimum absolute atomic E-state index is 0.327. The van der Waals surface area contributed by atoms with Gasteiger partial charge in [0.25, 0.3) is 0 Å². The van der Waals surface area contributed by atoms with Crippen molar-refractivity contribution in [3.63, 3.8) is 0 Å². The highest BCUT2D eigenvalue weighted by Crippen LogP contribution is 2.79. The van der Waals surface area contributed by atoms with Gasteiger partial charge < -0.3 is 0 Å². The molecule has 2 aromatic carbocycles. The van der Waals surface area contributed by atoms with E-state index >= 15 is 0 Å². The molecule has 2 saturated carbocycles. The molecule has 2 aliphatic rings. The van der Waals surface area contributed by atoms with Crippen molar-refractivity contribution in [1.82, 2.24) is 0 Å². The molecule has 2 aliphatic carbocycles. The average Bonchev–Trinajstić information content (AvgIpc) is 3.06. The molecule has 0 nitrogen and oxygen atoms in total. The average molecular weight is 290 g/mol. The molecule has 0 aromatic heterocycles. The second kappa shape index (κ2) is 4.72. The van der Waals surface area contributed by atoms with Crippen LogP contribution in [0.1, 0.15) is 50.7 Å². The summed E-state index contributed by atoms with van der Waals surface area (Å²) >= 11 is 0. The lowest BCUT2D eigenvalue weighted by atomic mass is 9.64. The number of hydrogen-bond acceptors (Lipinski definition) is 0. The van der Waals surface area contributed by atoms with Crippen molar-refractivity contribution < 1.29 is 0 Å². The molecule has 4 rings (SSSR count). The fourth-order valence-corrected chi connectivity index (χ4v) is 5.88. The van der Waals surface area contributed by atoms with Crippen LogP contribution in [0.4, 0.5) is 0 Å². The summed E-state index contributed by atoms with van der Waals surface area (Å²) in [5, 5.41) is 0. The highest BCUT2D eigenvalue weighted by Gasteiger charge is 2.75. The zero-order chi connectivity index (χ0) is 15.4. The standard InChI is InChI=1S/C22H26/c1-16-14-15-19-21(2,3)22(19,18-12-8-5-9-13-18)20(16)17-10-6-4-7-11-17/h4-13,16,19-20H,14-15H2,1-3H3. The molecule has 0 N–H and O–H groups in total. The molecule has 4 atom stereocenters. The third-order valence-corrected chi connectivity index (χ3v) is 6.78. The largest absolute Gasteiger partial charge is 0.0622 e. The van der Waals surface area contributed by atoms with Crippen LogP contribution in [-0.2, 0) is 5.41 Å². The Morgan fingerprint density at radius 3 is 2.05 bits per heavy atom. The van der Waals surface area contributed by atoms with E-state index < -0.39 is 0 Å². The summed E-state index contributed by atoms with van der Waals surface area (Å²) in [5.74, 6) is 2.22. The highest BCUT2D eigenvalue weighted by atomic mass is 14.8. The summed E-state index contributed by atoms with van der Waals surface area (Å²) in [7, 11) is 0. The summed E-state index contributed by atoms with van der Waals surface area (Å²) in [6.45, 7) is 7.46. The van der Waals surface area contributed by atoms with E-state index in [4.69, 9.17) is 0 Å². The number of fused-ring (bicyclic) bond motifs is 1. The second-order valence-electron chi connectivity index (χ2n) is 7.95. The van der Waals surface area contributed by atoms with Crippen molar-refractivity contribution in [2.24, 2.45) is 17.3 Å². The van der Waals surface area contributed by atoms with Crippen LogP contribution in [0.2, 0.25) is 0 Å². The number of hydrogen-bond donors (Lipinski definition) is 0. The molecule has 0 spiro atoms. The molecule has 0 saturated heterocycles. The number of rotatable bonds is 2. The zero-order valence-corrected chi connectivity index (χ0v) is 13.9. The summed E-state index contributed by atoms with van der Waals surface area (Å²) in [6, 6.07) is 22.6. The van der Waals surface area contributed by atoms with Crippen molar-refractivity contribution in [3.8, 4) is 0 Å². The minimum atomic E-state index is 0.327. The van der Waals surface area contributed by atoms with Crippen LogP contribution < -0.4 is 0 Å². The number of benzene rings is 2. The summed E-state index contributed by atoms with van der Waals surface area (Å²) in [5.41, 5.74) is 3.83. The van der Waals surface area contributed by atoms with Crippen LogP contribution in [0.25, 0.3) is 0 Å². The second-order valence-corrected chi connectivity index (χ2v) is 7.95. The monoisotopic (exact) mass is 290 g/mol. The van der Waals surface area contributed by atoms with Gasteiger partial charge in [-0.05, 0) is 47.1 Å². The molecule has 114 valence electrons. The molecule has 2 aromatic rings. The van der Waals surface area contributed by atoms with Gasteiger partial charge in [-0.25, -0.2) is 0 Å². The van der Waals surface area contributed by atoms with E-state index in [1.807, 2.05) is 0 Å². The molecular weight excluding hydrogens is 264 g/mol. The molecule has 0 aliphatic heterocycles. The lowest BCUT2D eigenvalue weighted by molar-refractivity contribution is 0.271. The fourth-order valence-electron chi connectivity index (χ4n) is 5.88. The maximum atomic E-state index is 2.50. The van der Waals surface area contributed by atoms with Gasteiger partial charge in [0.05, 0.1) is 0 Å². The summed E-state index contributed by atoms with van der Waals surface area (Å²) in [4.78, 5) is 0. The maximum absolute atomic E-state index is 2.50. The summed E-state index contributed by atoms with van der Waals surface area (Å²) in [6.07, 6.45) is 2.74. The quantitative estimate of drug-likeness (QED) is 0.656. The molecule has 2 fully saturated rings. The van der Waals surface area contributed by atoms with E-state index in [9.17, 15) is 0 Å². The van der Waals surface area contributed by atoms with Gasteiger partial charge in [-0.2, -0.15) is 0 Å². The zero-order valence-electron chi connectivity index (χ0n) is 13.9. The van der Waals surface area contributed by atoms with Crippen molar-refractivity contribution >= 4 is 0 Å². The molecule has 22 heavy (non-hydrogen) atoms. The van der Waals surface area contributed by atoms with E-state index in [-0.39, 0.29) is 0 Å². The van der Waals surface area contributed by atoms with Crippen molar-refractivity contribution in [2.75, 3.05) is 0 Å². The Bertz CT molecular complexity index is 655. The van der Waals surface area contributed by atoms with E-state index in [1.54, 1.807) is 5.56 Å². The Morgan fingerprint density at radius 2 is 1.41 bits per heavy atom. The maximum Gasteiger partial charge on any atom is 0.0112 e. The lowest BCUT2D eigenvalue weighted by Crippen LogP contribution is -2.32. The first-order valence-electron chi connectivity index (χ1n) is 8.70. The molecule has 0 amide bonds. The smallest absolute Gasteiger partial charge is 0.0112 e. The third kappa shape index (κ3) is 1.64. The van der Waals surface area contributed by atoms with Crippen molar-refractivity contribution in [3.05, 3.63) is 71.8 Å². The lowest BCUT2D eigenvalue weighted by Gasteiger charge is -2.39. The van der Waals surface area contributed by atoms with Gasteiger partial charge in [0.15, 0.2) is 0 Å². The highest BCUT2D eigenvalue weighted by molar-refractivity contribution is 5.48. The van der Waals surface area contributed by atoms with Crippen LogP contribution in [0, 0.1) is 17.3 Å². The van der Waals surface area contributed by atoms with Crippen LogP contribution in [0.5, 0.6) is 0 Å². The van der Waals surface area contributed by atoms with Crippen LogP contribution in [0.15, 0.2) is 60.7 Å². The fraction of sp³-hybridized carbons (Fsp3) is 0.455.